The van der Waals surface area contributed by atoms with Crippen molar-refractivity contribution in [3.8, 4) is 0 Å². The van der Waals surface area contributed by atoms with Crippen molar-refractivity contribution in [2.75, 3.05) is 13.1 Å². The van der Waals surface area contributed by atoms with Gasteiger partial charge in [-0.2, -0.15) is 0 Å². The Bertz CT molecular complexity index is 649. The third-order valence-corrected chi connectivity index (χ3v) is 3.95. The van der Waals surface area contributed by atoms with Crippen molar-refractivity contribution in [1.29, 1.82) is 0 Å². The molecule has 0 radical (unpaired) electrons. The third kappa shape index (κ3) is 4.95. The van der Waals surface area contributed by atoms with Gasteiger partial charge in [0.05, 0.1) is 0 Å². The van der Waals surface area contributed by atoms with Crippen molar-refractivity contribution in [2.24, 2.45) is 0 Å². The van der Waals surface area contributed by atoms with E-state index in [-0.39, 0.29) is 11.8 Å². The highest BCUT2D eigenvalue weighted by molar-refractivity contribution is 5.96. The summed E-state index contributed by atoms with van der Waals surface area (Å²) in [5.41, 5.74) is 3.37. The number of hydrogen-bond donors (Lipinski definition) is 2. The monoisotopic (exact) mass is 324 g/mol. The lowest BCUT2D eigenvalue weighted by molar-refractivity contribution is 0.0939. The maximum absolute atomic E-state index is 12.0. The Kier molecular flexibility index (Phi) is 6.55. The quantitative estimate of drug-likeness (QED) is 0.768. The maximum atomic E-state index is 12.0. The average molecular weight is 324 g/mol. The molecule has 4 nitrogen and oxygen atoms in total. The molecule has 0 aliphatic carbocycles. The largest absolute Gasteiger partial charge is 0.352 e. The molecule has 2 rings (SSSR count). The predicted molar refractivity (Wildman–Crippen MR) is 96.3 cm³/mol. The molecule has 0 heterocycles. The zero-order valence-electron chi connectivity index (χ0n) is 14.3. The van der Waals surface area contributed by atoms with E-state index in [1.165, 1.54) is 0 Å². The standard InChI is InChI=1S/C20H24N2O2/c1-15-9-3-5-11-17(15)19(23)21-13-7-8-14-22-20(24)18-12-6-4-10-16(18)2/h3-6,9-12H,7-8,13-14H2,1-2H3,(H,21,23)(H,22,24). The molecule has 2 aromatic rings. The van der Waals surface area contributed by atoms with E-state index in [0.717, 1.165) is 24.0 Å². The van der Waals surface area contributed by atoms with Gasteiger partial charge in [-0.15, -0.1) is 0 Å². The van der Waals surface area contributed by atoms with Crippen LogP contribution in [0, 0.1) is 13.8 Å². The SMILES string of the molecule is Cc1ccccc1C(=O)NCCCCNC(=O)c1ccccc1C. The summed E-state index contributed by atoms with van der Waals surface area (Å²) >= 11 is 0. The fourth-order valence-corrected chi connectivity index (χ4v) is 2.50. The lowest BCUT2D eigenvalue weighted by Gasteiger charge is -2.09. The summed E-state index contributed by atoms with van der Waals surface area (Å²) in [7, 11) is 0. The second kappa shape index (κ2) is 8.87. The van der Waals surface area contributed by atoms with Gasteiger partial charge in [0.15, 0.2) is 0 Å². The number of hydrogen-bond acceptors (Lipinski definition) is 2. The summed E-state index contributed by atoms with van der Waals surface area (Å²) < 4.78 is 0. The molecule has 126 valence electrons. The molecule has 0 bridgehead atoms. The molecule has 0 saturated carbocycles. The Morgan fingerprint density at radius 1 is 0.708 bits per heavy atom. The van der Waals surface area contributed by atoms with Gasteiger partial charge in [-0.25, -0.2) is 0 Å². The first-order chi connectivity index (χ1) is 11.6. The van der Waals surface area contributed by atoms with Crippen LogP contribution in [0.25, 0.3) is 0 Å². The molecule has 24 heavy (non-hydrogen) atoms. The molecule has 0 aromatic heterocycles. The van der Waals surface area contributed by atoms with Crippen molar-refractivity contribution >= 4 is 11.8 Å². The Balaban J connectivity index is 1.65. The van der Waals surface area contributed by atoms with E-state index in [2.05, 4.69) is 10.6 Å². The molecule has 0 aliphatic rings. The number of unbranched alkanes of at least 4 members (excludes halogenated alkanes) is 1. The van der Waals surface area contributed by atoms with Gasteiger partial charge in [0.1, 0.15) is 0 Å². The van der Waals surface area contributed by atoms with E-state index in [9.17, 15) is 9.59 Å². The Morgan fingerprint density at radius 2 is 1.08 bits per heavy atom. The molecular formula is C20H24N2O2. The van der Waals surface area contributed by atoms with E-state index in [4.69, 9.17) is 0 Å². The molecule has 0 fully saturated rings. The number of aryl methyl sites for hydroxylation is 2. The second-order valence-electron chi connectivity index (χ2n) is 5.85. The molecule has 2 amide bonds. The van der Waals surface area contributed by atoms with E-state index in [1.807, 2.05) is 62.4 Å². The maximum Gasteiger partial charge on any atom is 0.251 e. The van der Waals surface area contributed by atoms with Gasteiger partial charge < -0.3 is 10.6 Å². The van der Waals surface area contributed by atoms with Crippen molar-refractivity contribution < 1.29 is 9.59 Å². The molecular weight excluding hydrogens is 300 g/mol. The van der Waals surface area contributed by atoms with Crippen LogP contribution in [0.5, 0.6) is 0 Å². The molecule has 4 heteroatoms. The number of nitrogens with one attached hydrogen (secondary N) is 2. The van der Waals surface area contributed by atoms with Gasteiger partial charge in [0.25, 0.3) is 11.8 Å². The summed E-state index contributed by atoms with van der Waals surface area (Å²) in [6, 6.07) is 15.1. The van der Waals surface area contributed by atoms with E-state index in [0.29, 0.717) is 24.2 Å². The fourth-order valence-electron chi connectivity index (χ4n) is 2.50. The van der Waals surface area contributed by atoms with Gasteiger partial charge in [-0.05, 0) is 49.9 Å². The van der Waals surface area contributed by atoms with E-state index < -0.39 is 0 Å². The average Bonchev–Trinajstić information content (AvgIpc) is 2.58. The second-order valence-corrected chi connectivity index (χ2v) is 5.85. The van der Waals surface area contributed by atoms with Gasteiger partial charge in [-0.1, -0.05) is 36.4 Å². The van der Waals surface area contributed by atoms with Crippen molar-refractivity contribution in [3.63, 3.8) is 0 Å². The van der Waals surface area contributed by atoms with Crippen LogP contribution in [0.1, 0.15) is 44.7 Å². The Morgan fingerprint density at radius 3 is 1.46 bits per heavy atom. The lowest BCUT2D eigenvalue weighted by atomic mass is 10.1. The van der Waals surface area contributed by atoms with Crippen LogP contribution in [0.3, 0.4) is 0 Å². The fraction of sp³-hybridized carbons (Fsp3) is 0.300. The summed E-state index contributed by atoms with van der Waals surface area (Å²) in [6.07, 6.45) is 1.65. The van der Waals surface area contributed by atoms with E-state index in [1.54, 1.807) is 0 Å². The minimum Gasteiger partial charge on any atom is -0.352 e. The zero-order chi connectivity index (χ0) is 17.4. The Labute approximate surface area is 143 Å². The summed E-state index contributed by atoms with van der Waals surface area (Å²) in [5, 5.41) is 5.83. The molecule has 0 saturated heterocycles. The smallest absolute Gasteiger partial charge is 0.251 e. The zero-order valence-corrected chi connectivity index (χ0v) is 14.3. The van der Waals surface area contributed by atoms with Gasteiger partial charge in [0.2, 0.25) is 0 Å². The lowest BCUT2D eigenvalue weighted by Crippen LogP contribution is -2.28. The van der Waals surface area contributed by atoms with Crippen LogP contribution >= 0.6 is 0 Å². The van der Waals surface area contributed by atoms with Gasteiger partial charge in [0, 0.05) is 24.2 Å². The summed E-state index contributed by atoms with van der Waals surface area (Å²) in [4.78, 5) is 24.1. The normalized spacial score (nSPS) is 10.2. The molecule has 2 aromatic carbocycles. The van der Waals surface area contributed by atoms with Gasteiger partial charge >= 0.3 is 0 Å². The van der Waals surface area contributed by atoms with Crippen LogP contribution in [-0.2, 0) is 0 Å². The first-order valence-electron chi connectivity index (χ1n) is 8.27. The summed E-state index contributed by atoms with van der Waals surface area (Å²) in [5.74, 6) is -0.0888. The van der Waals surface area contributed by atoms with Crippen LogP contribution < -0.4 is 10.6 Å². The molecule has 0 spiro atoms. The van der Waals surface area contributed by atoms with Crippen LogP contribution in [-0.4, -0.2) is 24.9 Å². The molecule has 0 unspecified atom stereocenters. The number of carbonyl (C=O) groups excluding carboxylic acids is 2. The highest BCUT2D eigenvalue weighted by Gasteiger charge is 2.08. The number of benzene rings is 2. The summed E-state index contributed by atoms with van der Waals surface area (Å²) in [6.45, 7) is 5.06. The third-order valence-electron chi connectivity index (χ3n) is 3.95. The van der Waals surface area contributed by atoms with Crippen LogP contribution in [0.4, 0.5) is 0 Å². The predicted octanol–water partition coefficient (Wildman–Crippen LogP) is 3.24. The minimum atomic E-state index is -0.0444. The highest BCUT2D eigenvalue weighted by atomic mass is 16.2. The molecule has 0 aliphatic heterocycles. The first-order valence-corrected chi connectivity index (χ1v) is 8.27. The number of carbonyl (C=O) groups is 2. The first kappa shape index (κ1) is 17.7. The van der Waals surface area contributed by atoms with E-state index >= 15 is 0 Å². The van der Waals surface area contributed by atoms with Gasteiger partial charge in [-0.3, -0.25) is 9.59 Å². The van der Waals surface area contributed by atoms with Crippen LogP contribution in [0.15, 0.2) is 48.5 Å². The Hall–Kier alpha value is -2.62. The minimum absolute atomic E-state index is 0.0444. The van der Waals surface area contributed by atoms with Crippen LogP contribution in [0.2, 0.25) is 0 Å². The molecule has 0 atom stereocenters. The highest BCUT2D eigenvalue weighted by Crippen LogP contribution is 2.07. The van der Waals surface area contributed by atoms with Crippen molar-refractivity contribution in [2.45, 2.75) is 26.7 Å². The molecule has 2 N–H and O–H groups in total. The number of amides is 2. The van der Waals surface area contributed by atoms with Crippen molar-refractivity contribution in [1.82, 2.24) is 10.6 Å². The topological polar surface area (TPSA) is 58.2 Å². The van der Waals surface area contributed by atoms with Crippen molar-refractivity contribution in [3.05, 3.63) is 70.8 Å². The number of rotatable bonds is 7.